The fourth-order valence-corrected chi connectivity index (χ4v) is 2.63. The van der Waals surface area contributed by atoms with Crippen LogP contribution in [0, 0.1) is 0 Å². The van der Waals surface area contributed by atoms with E-state index in [0.717, 1.165) is 10.8 Å². The number of carbonyl (C=O) groups excluding carboxylic acids is 2. The summed E-state index contributed by atoms with van der Waals surface area (Å²) in [5, 5.41) is 1.86. The molecule has 0 spiro atoms. The topological polar surface area (TPSA) is 48.3 Å². The van der Waals surface area contributed by atoms with Crippen molar-refractivity contribution < 1.29 is 14.3 Å². The van der Waals surface area contributed by atoms with E-state index in [2.05, 4.69) is 0 Å². The number of ketones is 1. The molecule has 1 heterocycles. The lowest BCUT2D eigenvalue weighted by Crippen LogP contribution is -2.13. The van der Waals surface area contributed by atoms with E-state index in [-0.39, 0.29) is 11.5 Å². The van der Waals surface area contributed by atoms with E-state index in [1.165, 1.54) is 7.11 Å². The van der Waals surface area contributed by atoms with Gasteiger partial charge < -0.3 is 9.30 Å². The first kappa shape index (κ1) is 14.1. The van der Waals surface area contributed by atoms with Crippen molar-refractivity contribution in [2.24, 2.45) is 7.05 Å². The van der Waals surface area contributed by atoms with Gasteiger partial charge >= 0.3 is 5.97 Å². The van der Waals surface area contributed by atoms with Crippen molar-refractivity contribution >= 4 is 22.5 Å². The van der Waals surface area contributed by atoms with E-state index < -0.39 is 5.97 Å². The van der Waals surface area contributed by atoms with Gasteiger partial charge in [0.25, 0.3) is 0 Å². The maximum absolute atomic E-state index is 12.9. The molecule has 4 nitrogen and oxygen atoms in total. The molecule has 3 rings (SSSR count). The molecule has 0 atom stereocenters. The zero-order chi connectivity index (χ0) is 15.7. The van der Waals surface area contributed by atoms with E-state index in [0.29, 0.717) is 11.1 Å². The van der Waals surface area contributed by atoms with Gasteiger partial charge in [0.05, 0.1) is 12.7 Å². The summed E-state index contributed by atoms with van der Waals surface area (Å²) in [6.07, 6.45) is 1.69. The Morgan fingerprint density at radius 3 is 2.45 bits per heavy atom. The van der Waals surface area contributed by atoms with Crippen LogP contribution in [0.3, 0.4) is 0 Å². The molecule has 110 valence electrons. The van der Waals surface area contributed by atoms with Crippen LogP contribution in [0.15, 0.2) is 54.7 Å². The minimum atomic E-state index is -0.518. The number of esters is 1. The quantitative estimate of drug-likeness (QED) is 0.550. The molecule has 0 unspecified atom stereocenters. The Bertz CT molecular complexity index is 872. The highest BCUT2D eigenvalue weighted by Crippen LogP contribution is 2.23. The summed E-state index contributed by atoms with van der Waals surface area (Å²) in [7, 11) is 3.02. The van der Waals surface area contributed by atoms with Crippen LogP contribution in [-0.2, 0) is 11.8 Å². The van der Waals surface area contributed by atoms with Crippen LogP contribution in [0.2, 0.25) is 0 Å². The summed E-state index contributed by atoms with van der Waals surface area (Å²) >= 11 is 0. The van der Waals surface area contributed by atoms with Gasteiger partial charge in [-0.1, -0.05) is 42.5 Å². The Hall–Kier alpha value is -2.88. The molecule has 0 amide bonds. The van der Waals surface area contributed by atoms with Crippen LogP contribution in [0.1, 0.15) is 26.4 Å². The van der Waals surface area contributed by atoms with Crippen molar-refractivity contribution in [2.75, 3.05) is 7.11 Å². The molecule has 0 saturated heterocycles. The standard InChI is InChI=1S/C18H15NO3/c1-19-11-10-15(16(19)18(21)22-2)17(20)14-9-5-7-12-6-3-4-8-13(12)14/h3-11H,1-2H3. The summed E-state index contributed by atoms with van der Waals surface area (Å²) in [5.74, 6) is -0.700. The third-order valence-corrected chi connectivity index (χ3v) is 3.73. The molecule has 0 aliphatic rings. The molecule has 0 radical (unpaired) electrons. The van der Waals surface area contributed by atoms with Gasteiger partial charge in [-0.2, -0.15) is 0 Å². The number of ether oxygens (including phenoxy) is 1. The van der Waals surface area contributed by atoms with Gasteiger partial charge in [0, 0.05) is 18.8 Å². The molecule has 0 aliphatic carbocycles. The first-order valence-corrected chi connectivity index (χ1v) is 6.89. The van der Waals surface area contributed by atoms with Crippen molar-refractivity contribution in [2.45, 2.75) is 0 Å². The summed E-state index contributed by atoms with van der Waals surface area (Å²) in [6.45, 7) is 0. The normalized spacial score (nSPS) is 10.6. The average Bonchev–Trinajstić information content (AvgIpc) is 2.94. The molecule has 0 aliphatic heterocycles. The van der Waals surface area contributed by atoms with Crippen molar-refractivity contribution in [1.82, 2.24) is 4.57 Å². The van der Waals surface area contributed by atoms with Gasteiger partial charge in [0.2, 0.25) is 0 Å². The molecule has 0 fully saturated rings. The SMILES string of the molecule is COC(=O)c1c(C(=O)c2cccc3ccccc23)ccn1C. The summed E-state index contributed by atoms with van der Waals surface area (Å²) in [4.78, 5) is 24.8. The van der Waals surface area contributed by atoms with E-state index in [4.69, 9.17) is 4.74 Å². The molecule has 22 heavy (non-hydrogen) atoms. The van der Waals surface area contributed by atoms with E-state index >= 15 is 0 Å². The van der Waals surface area contributed by atoms with Crippen molar-refractivity contribution in [3.8, 4) is 0 Å². The minimum absolute atomic E-state index is 0.183. The van der Waals surface area contributed by atoms with Crippen LogP contribution < -0.4 is 0 Å². The third-order valence-electron chi connectivity index (χ3n) is 3.73. The maximum Gasteiger partial charge on any atom is 0.355 e. The molecular weight excluding hydrogens is 278 g/mol. The lowest BCUT2D eigenvalue weighted by Gasteiger charge is -2.07. The van der Waals surface area contributed by atoms with Crippen molar-refractivity contribution in [3.63, 3.8) is 0 Å². The fourth-order valence-electron chi connectivity index (χ4n) is 2.63. The van der Waals surface area contributed by atoms with Gasteiger partial charge in [-0.25, -0.2) is 4.79 Å². The number of aryl methyl sites for hydroxylation is 1. The number of aromatic nitrogens is 1. The van der Waals surface area contributed by atoms with Crippen LogP contribution in [0.25, 0.3) is 10.8 Å². The molecular formula is C18H15NO3. The molecule has 2 aromatic carbocycles. The zero-order valence-corrected chi connectivity index (χ0v) is 12.4. The predicted molar refractivity (Wildman–Crippen MR) is 84.1 cm³/mol. The Morgan fingerprint density at radius 1 is 0.955 bits per heavy atom. The summed E-state index contributed by atoms with van der Waals surface area (Å²) in [6, 6.07) is 14.9. The molecule has 3 aromatic rings. The number of fused-ring (bicyclic) bond motifs is 1. The summed E-state index contributed by atoms with van der Waals surface area (Å²) < 4.78 is 6.38. The zero-order valence-electron chi connectivity index (χ0n) is 12.4. The van der Waals surface area contributed by atoms with Crippen molar-refractivity contribution in [1.29, 1.82) is 0 Å². The molecule has 4 heteroatoms. The number of nitrogens with zero attached hydrogens (tertiary/aromatic N) is 1. The highest BCUT2D eigenvalue weighted by molar-refractivity contribution is 6.19. The van der Waals surface area contributed by atoms with Gasteiger partial charge in [0.15, 0.2) is 5.78 Å². The average molecular weight is 293 g/mol. The van der Waals surface area contributed by atoms with E-state index in [1.807, 2.05) is 36.4 Å². The second-order valence-electron chi connectivity index (χ2n) is 5.04. The Labute approximate surface area is 127 Å². The Kier molecular flexibility index (Phi) is 3.51. The van der Waals surface area contributed by atoms with Crippen molar-refractivity contribution in [3.05, 3.63) is 71.5 Å². The Balaban J connectivity index is 2.17. The molecule has 0 saturated carbocycles. The first-order chi connectivity index (χ1) is 10.6. The largest absolute Gasteiger partial charge is 0.464 e. The van der Waals surface area contributed by atoms with E-state index in [1.54, 1.807) is 29.9 Å². The van der Waals surface area contributed by atoms with Gasteiger partial charge in [-0.3, -0.25) is 4.79 Å². The number of benzene rings is 2. The highest BCUT2D eigenvalue weighted by atomic mass is 16.5. The second kappa shape index (κ2) is 5.48. The highest BCUT2D eigenvalue weighted by Gasteiger charge is 2.23. The third kappa shape index (κ3) is 2.19. The lowest BCUT2D eigenvalue weighted by atomic mass is 9.97. The smallest absolute Gasteiger partial charge is 0.355 e. The van der Waals surface area contributed by atoms with Gasteiger partial charge in [0.1, 0.15) is 5.69 Å². The number of hydrogen-bond donors (Lipinski definition) is 0. The van der Waals surface area contributed by atoms with Crippen LogP contribution in [0.4, 0.5) is 0 Å². The molecule has 0 N–H and O–H groups in total. The minimum Gasteiger partial charge on any atom is -0.464 e. The van der Waals surface area contributed by atoms with Crippen LogP contribution >= 0.6 is 0 Å². The fraction of sp³-hybridized carbons (Fsp3) is 0.111. The molecule has 0 bridgehead atoms. The lowest BCUT2D eigenvalue weighted by molar-refractivity contribution is 0.0586. The Morgan fingerprint density at radius 2 is 1.68 bits per heavy atom. The number of hydrogen-bond acceptors (Lipinski definition) is 3. The number of carbonyl (C=O) groups is 2. The van der Waals surface area contributed by atoms with E-state index in [9.17, 15) is 9.59 Å². The van der Waals surface area contributed by atoms with Crippen LogP contribution in [0.5, 0.6) is 0 Å². The summed E-state index contributed by atoms with van der Waals surface area (Å²) in [5.41, 5.74) is 1.19. The second-order valence-corrected chi connectivity index (χ2v) is 5.04. The monoisotopic (exact) mass is 293 g/mol. The van der Waals surface area contributed by atoms with Gasteiger partial charge in [-0.15, -0.1) is 0 Å². The first-order valence-electron chi connectivity index (χ1n) is 6.89. The number of rotatable bonds is 3. The number of methoxy groups -OCH3 is 1. The predicted octanol–water partition coefficient (Wildman–Crippen LogP) is 3.20. The molecule has 1 aromatic heterocycles. The maximum atomic E-state index is 12.9. The van der Waals surface area contributed by atoms with Crippen LogP contribution in [-0.4, -0.2) is 23.4 Å². The van der Waals surface area contributed by atoms with Gasteiger partial charge in [-0.05, 0) is 16.8 Å².